The number of hydrogen-bond donors (Lipinski definition) is 0. The molecule has 0 aromatic heterocycles. The highest BCUT2D eigenvalue weighted by Crippen LogP contribution is 2.19. The van der Waals surface area contributed by atoms with Crippen molar-refractivity contribution >= 4 is 34.6 Å². The summed E-state index contributed by atoms with van der Waals surface area (Å²) in [7, 11) is 0. The Kier molecular flexibility index (Phi) is 5.56. The summed E-state index contributed by atoms with van der Waals surface area (Å²) in [4.78, 5) is 10.6. The lowest BCUT2D eigenvalue weighted by molar-refractivity contribution is -0.109. The first kappa shape index (κ1) is 13.3. The Hall–Kier alpha value is -0.800. The molecule has 1 aromatic rings. The molecule has 1 rings (SSSR count). The first-order valence-electron chi connectivity index (χ1n) is 4.85. The molecule has 86 valence electrons. The number of allylic oxidation sites excluding steroid dienone is 1. The fourth-order valence-corrected chi connectivity index (χ4v) is 1.85. The van der Waals surface area contributed by atoms with Crippen LogP contribution in [0.2, 0.25) is 5.02 Å². The quantitative estimate of drug-likeness (QED) is 0.755. The molecule has 0 aliphatic rings. The van der Waals surface area contributed by atoms with Crippen LogP contribution in [0, 0.1) is 5.82 Å². The summed E-state index contributed by atoms with van der Waals surface area (Å²) in [6, 6.07) is 4.88. The van der Waals surface area contributed by atoms with E-state index >= 15 is 0 Å². The average Bonchev–Trinajstić information content (AvgIpc) is 2.23. The molecular weight excluding hydrogens is 247 g/mol. The molecular formula is C12H12ClFOS. The van der Waals surface area contributed by atoms with Crippen molar-refractivity contribution in [3.05, 3.63) is 40.7 Å². The van der Waals surface area contributed by atoms with Crippen LogP contribution in [-0.4, -0.2) is 10.9 Å². The topological polar surface area (TPSA) is 17.1 Å². The lowest BCUT2D eigenvalue weighted by Gasteiger charge is -1.98. The smallest absolute Gasteiger partial charge is 0.185 e. The normalized spacial score (nSPS) is 10.9. The third kappa shape index (κ3) is 4.37. The Morgan fingerprint density at radius 3 is 3.00 bits per heavy atom. The Bertz CT molecular complexity index is 404. The van der Waals surface area contributed by atoms with Gasteiger partial charge in [0.05, 0.1) is 5.02 Å². The lowest BCUT2D eigenvalue weighted by atomic mass is 10.2. The third-order valence-electron chi connectivity index (χ3n) is 1.87. The summed E-state index contributed by atoms with van der Waals surface area (Å²) in [5, 5.41) is 0.225. The van der Waals surface area contributed by atoms with E-state index < -0.39 is 5.82 Å². The molecule has 0 N–H and O–H groups in total. The van der Waals surface area contributed by atoms with Gasteiger partial charge in [0, 0.05) is 18.2 Å². The van der Waals surface area contributed by atoms with E-state index in [1.165, 1.54) is 24.8 Å². The lowest BCUT2D eigenvalue weighted by Crippen LogP contribution is -1.85. The Labute approximate surface area is 104 Å². The number of benzene rings is 1. The monoisotopic (exact) mass is 258 g/mol. The van der Waals surface area contributed by atoms with Crippen LogP contribution in [0.5, 0.6) is 0 Å². The summed E-state index contributed by atoms with van der Waals surface area (Å²) in [5.74, 6) is 0.313. The molecule has 0 heterocycles. The predicted molar refractivity (Wildman–Crippen MR) is 68.2 cm³/mol. The SMILES string of the molecule is CC(=O)SCCC=Cc1cccc(Cl)c1F. The molecule has 0 aliphatic carbocycles. The number of hydrogen-bond acceptors (Lipinski definition) is 2. The number of rotatable bonds is 4. The van der Waals surface area contributed by atoms with Gasteiger partial charge in [-0.05, 0) is 12.5 Å². The third-order valence-corrected chi connectivity index (χ3v) is 3.01. The van der Waals surface area contributed by atoms with Crippen molar-refractivity contribution in [2.75, 3.05) is 5.75 Å². The van der Waals surface area contributed by atoms with Gasteiger partial charge in [0.25, 0.3) is 0 Å². The molecule has 0 unspecified atom stereocenters. The molecule has 0 saturated heterocycles. The molecule has 0 amide bonds. The average molecular weight is 259 g/mol. The van der Waals surface area contributed by atoms with Gasteiger partial charge in [0.1, 0.15) is 5.82 Å². The maximum atomic E-state index is 13.4. The molecule has 0 spiro atoms. The first-order chi connectivity index (χ1) is 7.61. The van der Waals surface area contributed by atoms with Crippen molar-refractivity contribution in [3.63, 3.8) is 0 Å². The second-order valence-electron chi connectivity index (χ2n) is 3.17. The van der Waals surface area contributed by atoms with Crippen LogP contribution in [0.3, 0.4) is 0 Å². The maximum absolute atomic E-state index is 13.4. The van der Waals surface area contributed by atoms with Crippen molar-refractivity contribution in [2.45, 2.75) is 13.3 Å². The van der Waals surface area contributed by atoms with E-state index in [9.17, 15) is 9.18 Å². The van der Waals surface area contributed by atoms with E-state index in [2.05, 4.69) is 0 Å². The summed E-state index contributed by atoms with van der Waals surface area (Å²) in [5.41, 5.74) is 0.473. The van der Waals surface area contributed by atoms with Crippen LogP contribution in [0.15, 0.2) is 24.3 Å². The number of carbonyl (C=O) groups is 1. The Morgan fingerprint density at radius 2 is 2.31 bits per heavy atom. The highest BCUT2D eigenvalue weighted by atomic mass is 35.5. The van der Waals surface area contributed by atoms with Crippen LogP contribution < -0.4 is 0 Å². The highest BCUT2D eigenvalue weighted by Gasteiger charge is 2.02. The zero-order valence-corrected chi connectivity index (χ0v) is 10.4. The van der Waals surface area contributed by atoms with Gasteiger partial charge in [0.2, 0.25) is 0 Å². The number of halogens is 2. The summed E-state index contributed by atoms with van der Waals surface area (Å²) >= 11 is 6.90. The van der Waals surface area contributed by atoms with E-state index in [4.69, 9.17) is 11.6 Å². The number of thioether (sulfide) groups is 1. The van der Waals surface area contributed by atoms with Crippen molar-refractivity contribution in [1.82, 2.24) is 0 Å². The fraction of sp³-hybridized carbons (Fsp3) is 0.250. The van der Waals surface area contributed by atoms with Gasteiger partial charge in [-0.1, -0.05) is 47.6 Å². The van der Waals surface area contributed by atoms with Crippen molar-refractivity contribution in [3.8, 4) is 0 Å². The largest absolute Gasteiger partial charge is 0.288 e. The second kappa shape index (κ2) is 6.71. The van der Waals surface area contributed by atoms with Gasteiger partial charge < -0.3 is 0 Å². The molecule has 1 nitrogen and oxygen atoms in total. The fourth-order valence-electron chi connectivity index (χ4n) is 1.13. The van der Waals surface area contributed by atoms with Gasteiger partial charge in [-0.3, -0.25) is 4.79 Å². The van der Waals surface area contributed by atoms with Gasteiger partial charge >= 0.3 is 0 Å². The molecule has 0 saturated carbocycles. The van der Waals surface area contributed by atoms with E-state index in [-0.39, 0.29) is 10.1 Å². The highest BCUT2D eigenvalue weighted by molar-refractivity contribution is 8.13. The number of carbonyl (C=O) groups excluding carboxylic acids is 1. The van der Waals surface area contributed by atoms with E-state index in [0.29, 0.717) is 11.3 Å². The zero-order chi connectivity index (χ0) is 12.0. The molecule has 1 aromatic carbocycles. The van der Waals surface area contributed by atoms with E-state index in [1.807, 2.05) is 6.08 Å². The first-order valence-corrected chi connectivity index (χ1v) is 6.21. The minimum Gasteiger partial charge on any atom is -0.288 e. The van der Waals surface area contributed by atoms with Gasteiger partial charge in [-0.15, -0.1) is 0 Å². The Balaban J connectivity index is 2.50. The van der Waals surface area contributed by atoms with Crippen molar-refractivity contribution in [2.24, 2.45) is 0 Å². The summed E-state index contributed by atoms with van der Waals surface area (Å²) in [6.07, 6.45) is 4.25. The van der Waals surface area contributed by atoms with Gasteiger partial charge in [-0.2, -0.15) is 0 Å². The molecule has 0 atom stereocenters. The molecule has 0 bridgehead atoms. The minimum absolute atomic E-state index is 0.0994. The van der Waals surface area contributed by atoms with E-state index in [1.54, 1.807) is 18.2 Å². The molecule has 0 aliphatic heterocycles. The van der Waals surface area contributed by atoms with Gasteiger partial charge in [0.15, 0.2) is 5.12 Å². The van der Waals surface area contributed by atoms with Crippen molar-refractivity contribution in [1.29, 1.82) is 0 Å². The minimum atomic E-state index is -0.403. The second-order valence-corrected chi connectivity index (χ2v) is 4.85. The van der Waals surface area contributed by atoms with Crippen LogP contribution in [0.4, 0.5) is 4.39 Å². The summed E-state index contributed by atoms with van der Waals surface area (Å²) in [6.45, 7) is 1.53. The zero-order valence-electron chi connectivity index (χ0n) is 8.87. The maximum Gasteiger partial charge on any atom is 0.185 e. The van der Waals surface area contributed by atoms with Crippen LogP contribution in [-0.2, 0) is 4.79 Å². The molecule has 0 fully saturated rings. The molecule has 16 heavy (non-hydrogen) atoms. The van der Waals surface area contributed by atoms with E-state index in [0.717, 1.165) is 6.42 Å². The van der Waals surface area contributed by atoms with Crippen molar-refractivity contribution < 1.29 is 9.18 Å². The van der Waals surface area contributed by atoms with Crippen LogP contribution >= 0.6 is 23.4 Å². The Morgan fingerprint density at radius 1 is 1.56 bits per heavy atom. The molecule has 4 heteroatoms. The summed E-state index contributed by atoms with van der Waals surface area (Å²) < 4.78 is 13.4. The molecule has 0 radical (unpaired) electrons. The predicted octanol–water partition coefficient (Wildman–Crippen LogP) is 4.16. The van der Waals surface area contributed by atoms with Crippen LogP contribution in [0.25, 0.3) is 6.08 Å². The van der Waals surface area contributed by atoms with Gasteiger partial charge in [-0.25, -0.2) is 4.39 Å². The van der Waals surface area contributed by atoms with Crippen LogP contribution in [0.1, 0.15) is 18.9 Å². The standard InChI is InChI=1S/C12H12ClFOS/c1-9(15)16-8-3-2-5-10-6-4-7-11(13)12(10)14/h2,4-7H,3,8H2,1H3.